The maximum absolute atomic E-state index is 8.73. The summed E-state index contributed by atoms with van der Waals surface area (Å²) in [6.45, 7) is 3.16. The van der Waals surface area contributed by atoms with E-state index in [9.17, 15) is 0 Å². The van der Waals surface area contributed by atoms with Crippen LogP contribution in [-0.4, -0.2) is 28.2 Å². The Hall–Kier alpha value is -0.430. The van der Waals surface area contributed by atoms with Crippen LogP contribution in [0.3, 0.4) is 0 Å². The highest BCUT2D eigenvalue weighted by Gasteiger charge is 2.03. The van der Waals surface area contributed by atoms with Gasteiger partial charge in [0.15, 0.2) is 0 Å². The third-order valence-electron chi connectivity index (χ3n) is 1.91. The molecule has 14 heavy (non-hydrogen) atoms. The van der Waals surface area contributed by atoms with Crippen molar-refractivity contribution in [2.24, 2.45) is 5.92 Å². The van der Waals surface area contributed by atoms with Crippen LogP contribution in [0.25, 0.3) is 0 Å². The minimum atomic E-state index is 0.240. The Bertz CT molecular complexity index is 283. The van der Waals surface area contributed by atoms with Crippen LogP contribution in [0.5, 0.6) is 0 Å². The number of aliphatic hydroxyl groups is 1. The van der Waals surface area contributed by atoms with E-state index in [0.717, 1.165) is 22.4 Å². The highest BCUT2D eigenvalue weighted by atomic mass is 127. The zero-order valence-corrected chi connectivity index (χ0v) is 10.2. The fourth-order valence-electron chi connectivity index (χ4n) is 1.04. The summed E-state index contributed by atoms with van der Waals surface area (Å²) in [6.07, 6.45) is 4.11. The van der Waals surface area contributed by atoms with Crippen LogP contribution in [-0.2, 0) is 0 Å². The SMILES string of the molecule is CC(CCO)CNc1ncncc1I. The van der Waals surface area contributed by atoms with E-state index >= 15 is 0 Å². The summed E-state index contributed by atoms with van der Waals surface area (Å²) in [4.78, 5) is 8.03. The standard InChI is InChI=1S/C9H14IN3O/c1-7(2-3-14)4-12-9-8(10)5-11-6-13-9/h5-7,14H,2-4H2,1H3,(H,11,12,13). The second-order valence-corrected chi connectivity index (χ2v) is 4.38. The van der Waals surface area contributed by atoms with Gasteiger partial charge in [-0.2, -0.15) is 0 Å². The van der Waals surface area contributed by atoms with E-state index in [-0.39, 0.29) is 6.61 Å². The Labute approximate surface area is 97.3 Å². The second-order valence-electron chi connectivity index (χ2n) is 3.22. The molecule has 0 aliphatic carbocycles. The molecule has 0 saturated carbocycles. The van der Waals surface area contributed by atoms with Crippen molar-refractivity contribution in [3.05, 3.63) is 16.1 Å². The number of rotatable bonds is 5. The molecule has 1 atom stereocenters. The Morgan fingerprint density at radius 3 is 3.07 bits per heavy atom. The van der Waals surface area contributed by atoms with Gasteiger partial charge in [-0.25, -0.2) is 9.97 Å². The lowest BCUT2D eigenvalue weighted by molar-refractivity contribution is 0.266. The van der Waals surface area contributed by atoms with E-state index in [0.29, 0.717) is 5.92 Å². The van der Waals surface area contributed by atoms with Gasteiger partial charge in [-0.15, -0.1) is 0 Å². The molecule has 1 unspecified atom stereocenters. The third kappa shape index (κ3) is 3.75. The minimum Gasteiger partial charge on any atom is -0.396 e. The van der Waals surface area contributed by atoms with Crippen LogP contribution in [0.1, 0.15) is 13.3 Å². The zero-order chi connectivity index (χ0) is 10.4. The predicted molar refractivity (Wildman–Crippen MR) is 64.1 cm³/mol. The number of aromatic nitrogens is 2. The van der Waals surface area contributed by atoms with Gasteiger partial charge in [0, 0.05) is 19.3 Å². The van der Waals surface area contributed by atoms with E-state index in [1.807, 2.05) is 0 Å². The average molecular weight is 307 g/mol. The Morgan fingerprint density at radius 1 is 1.64 bits per heavy atom. The van der Waals surface area contributed by atoms with Gasteiger partial charge < -0.3 is 10.4 Å². The molecule has 5 heteroatoms. The van der Waals surface area contributed by atoms with Crippen molar-refractivity contribution in [3.8, 4) is 0 Å². The minimum absolute atomic E-state index is 0.240. The second kappa shape index (κ2) is 6.13. The molecule has 0 fully saturated rings. The Kier molecular flexibility index (Phi) is 5.10. The van der Waals surface area contributed by atoms with Gasteiger partial charge in [-0.05, 0) is 34.9 Å². The largest absolute Gasteiger partial charge is 0.396 e. The molecule has 78 valence electrons. The molecule has 0 aliphatic heterocycles. The molecule has 1 aromatic heterocycles. The Balaban J connectivity index is 2.41. The topological polar surface area (TPSA) is 58.0 Å². The van der Waals surface area contributed by atoms with Crippen molar-refractivity contribution in [2.45, 2.75) is 13.3 Å². The van der Waals surface area contributed by atoms with Crippen LogP contribution < -0.4 is 5.32 Å². The normalized spacial score (nSPS) is 12.5. The summed E-state index contributed by atoms with van der Waals surface area (Å²) in [5.74, 6) is 1.32. The first-order valence-electron chi connectivity index (χ1n) is 4.54. The average Bonchev–Trinajstić information content (AvgIpc) is 2.17. The Morgan fingerprint density at radius 2 is 2.43 bits per heavy atom. The molecule has 1 rings (SSSR count). The van der Waals surface area contributed by atoms with Gasteiger partial charge in [-0.1, -0.05) is 6.92 Å². The van der Waals surface area contributed by atoms with E-state index in [4.69, 9.17) is 5.11 Å². The summed E-state index contributed by atoms with van der Waals surface area (Å²) in [5.41, 5.74) is 0. The number of halogens is 1. The molecule has 1 heterocycles. The van der Waals surface area contributed by atoms with E-state index in [2.05, 4.69) is 44.8 Å². The molecule has 0 saturated heterocycles. The zero-order valence-electron chi connectivity index (χ0n) is 8.07. The first-order chi connectivity index (χ1) is 6.74. The quantitative estimate of drug-likeness (QED) is 0.810. The van der Waals surface area contributed by atoms with Crippen molar-refractivity contribution in [2.75, 3.05) is 18.5 Å². The van der Waals surface area contributed by atoms with Crippen LogP contribution >= 0.6 is 22.6 Å². The number of hydrogen-bond donors (Lipinski definition) is 2. The molecule has 0 spiro atoms. The number of aliphatic hydroxyl groups excluding tert-OH is 1. The lowest BCUT2D eigenvalue weighted by Crippen LogP contribution is -2.14. The van der Waals surface area contributed by atoms with E-state index in [1.54, 1.807) is 6.20 Å². The van der Waals surface area contributed by atoms with Crippen molar-refractivity contribution in [1.82, 2.24) is 9.97 Å². The van der Waals surface area contributed by atoms with Crippen LogP contribution in [0.15, 0.2) is 12.5 Å². The summed E-state index contributed by atoms with van der Waals surface area (Å²) in [7, 11) is 0. The maximum Gasteiger partial charge on any atom is 0.142 e. The summed E-state index contributed by atoms with van der Waals surface area (Å²) in [5, 5.41) is 12.0. The molecule has 1 aromatic rings. The molecule has 0 amide bonds. The van der Waals surface area contributed by atoms with Crippen LogP contribution in [0.4, 0.5) is 5.82 Å². The van der Waals surface area contributed by atoms with Crippen LogP contribution in [0.2, 0.25) is 0 Å². The van der Waals surface area contributed by atoms with Gasteiger partial charge in [0.05, 0.1) is 3.57 Å². The third-order valence-corrected chi connectivity index (χ3v) is 2.70. The van der Waals surface area contributed by atoms with Crippen LogP contribution in [0, 0.1) is 9.49 Å². The smallest absolute Gasteiger partial charge is 0.142 e. The molecule has 4 nitrogen and oxygen atoms in total. The van der Waals surface area contributed by atoms with Gasteiger partial charge in [0.1, 0.15) is 12.1 Å². The highest BCUT2D eigenvalue weighted by molar-refractivity contribution is 14.1. The van der Waals surface area contributed by atoms with Gasteiger partial charge in [-0.3, -0.25) is 0 Å². The molecular weight excluding hydrogens is 293 g/mol. The molecular formula is C9H14IN3O. The van der Waals surface area contributed by atoms with Crippen molar-refractivity contribution in [3.63, 3.8) is 0 Å². The molecule has 2 N–H and O–H groups in total. The fourth-order valence-corrected chi connectivity index (χ4v) is 1.53. The molecule has 0 radical (unpaired) electrons. The first kappa shape index (κ1) is 11.6. The monoisotopic (exact) mass is 307 g/mol. The van der Waals surface area contributed by atoms with E-state index in [1.165, 1.54) is 6.33 Å². The fraction of sp³-hybridized carbons (Fsp3) is 0.556. The summed E-state index contributed by atoms with van der Waals surface area (Å²) >= 11 is 2.19. The van der Waals surface area contributed by atoms with Crippen molar-refractivity contribution >= 4 is 28.4 Å². The van der Waals surface area contributed by atoms with E-state index < -0.39 is 0 Å². The highest BCUT2D eigenvalue weighted by Crippen LogP contribution is 2.13. The first-order valence-corrected chi connectivity index (χ1v) is 5.62. The van der Waals surface area contributed by atoms with Gasteiger partial charge >= 0.3 is 0 Å². The van der Waals surface area contributed by atoms with Crippen molar-refractivity contribution < 1.29 is 5.11 Å². The molecule has 0 aromatic carbocycles. The van der Waals surface area contributed by atoms with Gasteiger partial charge in [0.2, 0.25) is 0 Å². The number of hydrogen-bond acceptors (Lipinski definition) is 4. The number of anilines is 1. The number of nitrogens with one attached hydrogen (secondary N) is 1. The number of nitrogens with zero attached hydrogens (tertiary/aromatic N) is 2. The predicted octanol–water partition coefficient (Wildman–Crippen LogP) is 1.51. The molecule has 0 bridgehead atoms. The molecule has 0 aliphatic rings. The summed E-state index contributed by atoms with van der Waals surface area (Å²) < 4.78 is 1.02. The maximum atomic E-state index is 8.73. The lowest BCUT2D eigenvalue weighted by Gasteiger charge is -2.11. The van der Waals surface area contributed by atoms with Gasteiger partial charge in [0.25, 0.3) is 0 Å². The lowest BCUT2D eigenvalue weighted by atomic mass is 10.1. The summed E-state index contributed by atoms with van der Waals surface area (Å²) in [6, 6.07) is 0. The van der Waals surface area contributed by atoms with Crippen molar-refractivity contribution in [1.29, 1.82) is 0 Å².